The molecule has 0 spiro atoms. The van der Waals surface area contributed by atoms with Gasteiger partial charge in [-0.05, 0) is 24.1 Å². The van der Waals surface area contributed by atoms with Crippen LogP contribution >= 0.6 is 7.94 Å². The Morgan fingerprint density at radius 1 is 1.23 bits per heavy atom. The zero-order chi connectivity index (χ0) is 9.90. The van der Waals surface area contributed by atoms with Gasteiger partial charge >= 0.3 is 7.94 Å². The molecule has 3 nitrogen and oxygen atoms in total. The molecule has 0 radical (unpaired) electrons. The van der Waals surface area contributed by atoms with Crippen LogP contribution in [0.25, 0.3) is 0 Å². The second-order valence-electron chi connectivity index (χ2n) is 2.75. The molecule has 0 bridgehead atoms. The third-order valence-corrected chi connectivity index (χ3v) is 3.42. The number of benzene rings is 1. The molecule has 0 heterocycles. The van der Waals surface area contributed by atoms with Gasteiger partial charge in [0.25, 0.3) is 0 Å². The molecule has 0 fully saturated rings. The van der Waals surface area contributed by atoms with Crippen molar-refractivity contribution < 1.29 is 14.3 Å². The second kappa shape index (κ2) is 4.16. The lowest BCUT2D eigenvalue weighted by Crippen LogP contribution is -2.11. The molecular weight excluding hydrogens is 187 g/mol. The van der Waals surface area contributed by atoms with Crippen molar-refractivity contribution in [2.45, 2.75) is 13.3 Å². The third kappa shape index (κ3) is 2.48. The maximum absolute atomic E-state index is 9.40. The lowest BCUT2D eigenvalue weighted by molar-refractivity contribution is 0.292. The molecule has 1 rings (SSSR count). The van der Waals surface area contributed by atoms with Crippen molar-refractivity contribution in [3.63, 3.8) is 0 Å². The summed E-state index contributed by atoms with van der Waals surface area (Å²) in [4.78, 5) is 18.8. The molecule has 0 aliphatic rings. The van der Waals surface area contributed by atoms with Crippen LogP contribution in [0.4, 0.5) is 0 Å². The van der Waals surface area contributed by atoms with Crippen molar-refractivity contribution in [3.8, 4) is 0 Å². The highest BCUT2D eigenvalue weighted by atomic mass is 31.2. The normalized spacial score (nSPS) is 11.7. The van der Waals surface area contributed by atoms with Crippen molar-refractivity contribution in [2.75, 3.05) is 7.11 Å². The number of hydrogen-bond acceptors (Lipinski definition) is 3. The average Bonchev–Trinajstić information content (AvgIpc) is 2.18. The SMILES string of the molecule is CCc1ccc([P+](O)(O)OC)cc1. The van der Waals surface area contributed by atoms with Crippen LogP contribution in [0.5, 0.6) is 0 Å². The van der Waals surface area contributed by atoms with Gasteiger partial charge in [-0.25, -0.2) is 0 Å². The van der Waals surface area contributed by atoms with Gasteiger partial charge in [0.2, 0.25) is 0 Å². The zero-order valence-corrected chi connectivity index (χ0v) is 8.66. The lowest BCUT2D eigenvalue weighted by Gasteiger charge is -2.07. The summed E-state index contributed by atoms with van der Waals surface area (Å²) >= 11 is 0. The van der Waals surface area contributed by atoms with E-state index in [0.29, 0.717) is 5.30 Å². The molecule has 72 valence electrons. The topological polar surface area (TPSA) is 49.7 Å². The summed E-state index contributed by atoms with van der Waals surface area (Å²) in [6.45, 7) is 2.05. The van der Waals surface area contributed by atoms with E-state index in [2.05, 4.69) is 4.52 Å². The highest BCUT2D eigenvalue weighted by Gasteiger charge is 2.37. The molecule has 4 heteroatoms. The molecule has 0 aliphatic carbocycles. The first-order valence-corrected chi connectivity index (χ1v) is 5.71. The van der Waals surface area contributed by atoms with Gasteiger partial charge in [0.1, 0.15) is 0 Å². The lowest BCUT2D eigenvalue weighted by atomic mass is 10.2. The predicted molar refractivity (Wildman–Crippen MR) is 53.8 cm³/mol. The van der Waals surface area contributed by atoms with E-state index in [9.17, 15) is 9.79 Å². The minimum Gasteiger partial charge on any atom is -0.188 e. The van der Waals surface area contributed by atoms with Gasteiger partial charge in [-0.2, -0.15) is 14.3 Å². The maximum atomic E-state index is 9.40. The summed E-state index contributed by atoms with van der Waals surface area (Å²) in [5.41, 5.74) is 1.17. The fourth-order valence-electron chi connectivity index (χ4n) is 1.03. The van der Waals surface area contributed by atoms with Crippen molar-refractivity contribution in [1.82, 2.24) is 0 Å². The van der Waals surface area contributed by atoms with Crippen LogP contribution in [-0.2, 0) is 10.9 Å². The van der Waals surface area contributed by atoms with Gasteiger partial charge in [-0.3, -0.25) is 0 Å². The van der Waals surface area contributed by atoms with Crippen LogP contribution in [-0.4, -0.2) is 16.9 Å². The second-order valence-corrected chi connectivity index (χ2v) is 4.72. The Morgan fingerprint density at radius 3 is 2.15 bits per heavy atom. The zero-order valence-electron chi connectivity index (χ0n) is 7.77. The summed E-state index contributed by atoms with van der Waals surface area (Å²) in [5.74, 6) is 0. The Hall–Kier alpha value is -0.470. The van der Waals surface area contributed by atoms with Crippen LogP contribution in [0.2, 0.25) is 0 Å². The van der Waals surface area contributed by atoms with E-state index in [1.165, 1.54) is 12.7 Å². The van der Waals surface area contributed by atoms with E-state index in [0.717, 1.165) is 6.42 Å². The summed E-state index contributed by atoms with van der Waals surface area (Å²) in [6.07, 6.45) is 0.940. The summed E-state index contributed by atoms with van der Waals surface area (Å²) < 4.78 is 4.62. The van der Waals surface area contributed by atoms with Crippen molar-refractivity contribution >= 4 is 13.2 Å². The van der Waals surface area contributed by atoms with E-state index < -0.39 is 7.94 Å². The smallest absolute Gasteiger partial charge is 0.188 e. The molecule has 0 amide bonds. The molecule has 0 saturated carbocycles. The van der Waals surface area contributed by atoms with Crippen LogP contribution in [0.3, 0.4) is 0 Å². The number of aryl methyl sites for hydroxylation is 1. The molecule has 0 atom stereocenters. The van der Waals surface area contributed by atoms with E-state index >= 15 is 0 Å². The Morgan fingerprint density at radius 2 is 1.77 bits per heavy atom. The fraction of sp³-hybridized carbons (Fsp3) is 0.333. The van der Waals surface area contributed by atoms with Gasteiger partial charge in [0.15, 0.2) is 5.30 Å². The first-order valence-electron chi connectivity index (χ1n) is 4.10. The Kier molecular flexibility index (Phi) is 3.40. The van der Waals surface area contributed by atoms with Gasteiger partial charge in [-0.15, -0.1) is 0 Å². The number of hydrogen-bond donors (Lipinski definition) is 2. The maximum Gasteiger partial charge on any atom is 0.443 e. The molecule has 2 N–H and O–H groups in total. The summed E-state index contributed by atoms with van der Waals surface area (Å²) in [5, 5.41) is 0.451. The van der Waals surface area contributed by atoms with E-state index in [1.807, 2.05) is 19.1 Å². The first-order chi connectivity index (χ1) is 6.10. The van der Waals surface area contributed by atoms with Gasteiger partial charge < -0.3 is 0 Å². The third-order valence-electron chi connectivity index (χ3n) is 1.94. The summed E-state index contributed by atoms with van der Waals surface area (Å²) in [7, 11) is -2.01. The van der Waals surface area contributed by atoms with Crippen molar-refractivity contribution in [3.05, 3.63) is 29.8 Å². The Bertz CT molecular complexity index is 269. The Balaban J connectivity index is 2.92. The van der Waals surface area contributed by atoms with Gasteiger partial charge in [0, 0.05) is 0 Å². The molecule has 0 aromatic heterocycles. The average molecular weight is 201 g/mol. The molecule has 1 aromatic carbocycles. The van der Waals surface area contributed by atoms with E-state index in [-0.39, 0.29) is 0 Å². The molecule has 0 aliphatic heterocycles. The van der Waals surface area contributed by atoms with Gasteiger partial charge in [-0.1, -0.05) is 19.1 Å². The monoisotopic (exact) mass is 201 g/mol. The fourth-order valence-corrected chi connectivity index (χ4v) is 1.78. The van der Waals surface area contributed by atoms with Crippen LogP contribution in [0, 0.1) is 0 Å². The summed E-state index contributed by atoms with van der Waals surface area (Å²) in [6, 6.07) is 7.12. The molecule has 0 unspecified atom stereocenters. The standard InChI is InChI=1S/C9H14O3P/c1-3-8-4-6-9(7-5-8)13(10,11)12-2/h4-7,10-11H,3H2,1-2H3/q+1. The van der Waals surface area contributed by atoms with Crippen LogP contribution in [0.1, 0.15) is 12.5 Å². The predicted octanol–water partition coefficient (Wildman–Crippen LogP) is 1.27. The van der Waals surface area contributed by atoms with E-state index in [4.69, 9.17) is 0 Å². The minimum atomic E-state index is -3.31. The molecule has 0 saturated heterocycles. The van der Waals surface area contributed by atoms with Crippen molar-refractivity contribution in [1.29, 1.82) is 0 Å². The van der Waals surface area contributed by atoms with Crippen LogP contribution in [0.15, 0.2) is 24.3 Å². The van der Waals surface area contributed by atoms with E-state index in [1.54, 1.807) is 12.1 Å². The molecule has 1 aromatic rings. The van der Waals surface area contributed by atoms with Crippen LogP contribution < -0.4 is 5.30 Å². The first kappa shape index (κ1) is 10.6. The highest BCUT2D eigenvalue weighted by molar-refractivity contribution is 7.67. The quantitative estimate of drug-likeness (QED) is 0.724. The number of rotatable bonds is 3. The minimum absolute atomic E-state index is 0.451. The molecule has 13 heavy (non-hydrogen) atoms. The Labute approximate surface area is 78.6 Å². The van der Waals surface area contributed by atoms with Crippen molar-refractivity contribution in [2.24, 2.45) is 0 Å². The molecular formula is C9H14O3P+. The van der Waals surface area contributed by atoms with Gasteiger partial charge in [0.05, 0.1) is 7.11 Å². The largest absolute Gasteiger partial charge is 0.443 e. The highest BCUT2D eigenvalue weighted by Crippen LogP contribution is 2.48.